The van der Waals surface area contributed by atoms with Crippen molar-refractivity contribution in [2.75, 3.05) is 11.4 Å². The van der Waals surface area contributed by atoms with Gasteiger partial charge in [0.1, 0.15) is 5.82 Å². The van der Waals surface area contributed by atoms with Crippen LogP contribution in [-0.4, -0.2) is 16.3 Å². The molecular weight excluding hydrogens is 277 g/mol. The van der Waals surface area contributed by atoms with Crippen LogP contribution >= 0.6 is 0 Å². The van der Waals surface area contributed by atoms with Crippen LogP contribution in [0, 0.1) is 5.82 Å². The molecule has 0 unspecified atom stereocenters. The van der Waals surface area contributed by atoms with Gasteiger partial charge in [-0.05, 0) is 42.3 Å². The number of anilines is 1. The summed E-state index contributed by atoms with van der Waals surface area (Å²) < 4.78 is 15.0. The fraction of sp³-hybridized carbons (Fsp3) is 0.167. The predicted molar refractivity (Wildman–Crippen MR) is 84.7 cm³/mol. The van der Waals surface area contributed by atoms with E-state index in [0.717, 1.165) is 30.9 Å². The van der Waals surface area contributed by atoms with Gasteiger partial charge in [-0.2, -0.15) is 5.10 Å². The maximum atomic E-state index is 13.3. The van der Waals surface area contributed by atoms with Crippen molar-refractivity contribution in [2.45, 2.75) is 13.0 Å². The SMILES string of the molecule is Fc1cccc(-n2ccc(CN3CCc4ccccc43)n2)c1. The molecule has 4 rings (SSSR count). The number of hydrogen-bond acceptors (Lipinski definition) is 2. The molecule has 0 atom stereocenters. The smallest absolute Gasteiger partial charge is 0.125 e. The van der Waals surface area contributed by atoms with Crippen LogP contribution in [0.4, 0.5) is 10.1 Å². The monoisotopic (exact) mass is 293 g/mol. The molecule has 0 saturated carbocycles. The van der Waals surface area contributed by atoms with Gasteiger partial charge in [-0.15, -0.1) is 0 Å². The number of halogens is 1. The van der Waals surface area contributed by atoms with Crippen LogP contribution in [-0.2, 0) is 13.0 Å². The fourth-order valence-electron chi connectivity index (χ4n) is 2.97. The molecule has 1 aliphatic rings. The highest BCUT2D eigenvalue weighted by Crippen LogP contribution is 2.28. The number of rotatable bonds is 3. The van der Waals surface area contributed by atoms with Gasteiger partial charge in [0.25, 0.3) is 0 Å². The molecule has 22 heavy (non-hydrogen) atoms. The number of para-hydroxylation sites is 1. The molecule has 110 valence electrons. The molecule has 0 spiro atoms. The summed E-state index contributed by atoms with van der Waals surface area (Å²) in [5.41, 5.74) is 4.42. The summed E-state index contributed by atoms with van der Waals surface area (Å²) in [4.78, 5) is 2.34. The zero-order chi connectivity index (χ0) is 14.9. The molecule has 0 fully saturated rings. The summed E-state index contributed by atoms with van der Waals surface area (Å²) in [6, 6.07) is 17.0. The molecule has 1 aliphatic heterocycles. The van der Waals surface area contributed by atoms with Crippen LogP contribution < -0.4 is 4.90 Å². The van der Waals surface area contributed by atoms with Gasteiger partial charge >= 0.3 is 0 Å². The summed E-state index contributed by atoms with van der Waals surface area (Å²) in [5.74, 6) is -0.247. The molecule has 0 bridgehead atoms. The fourth-order valence-corrected chi connectivity index (χ4v) is 2.97. The first-order valence-electron chi connectivity index (χ1n) is 7.43. The van der Waals surface area contributed by atoms with Crippen molar-refractivity contribution in [1.29, 1.82) is 0 Å². The second kappa shape index (κ2) is 5.30. The molecule has 0 N–H and O–H groups in total. The highest BCUT2D eigenvalue weighted by Gasteiger charge is 2.19. The normalized spacial score (nSPS) is 13.4. The van der Waals surface area contributed by atoms with Gasteiger partial charge in [0.2, 0.25) is 0 Å². The lowest BCUT2D eigenvalue weighted by molar-refractivity contribution is 0.625. The van der Waals surface area contributed by atoms with E-state index in [2.05, 4.69) is 34.3 Å². The lowest BCUT2D eigenvalue weighted by Crippen LogP contribution is -2.20. The van der Waals surface area contributed by atoms with Gasteiger partial charge in [0, 0.05) is 18.4 Å². The first kappa shape index (κ1) is 13.1. The van der Waals surface area contributed by atoms with Crippen molar-refractivity contribution in [3.63, 3.8) is 0 Å². The van der Waals surface area contributed by atoms with Crippen molar-refractivity contribution < 1.29 is 4.39 Å². The molecule has 3 nitrogen and oxygen atoms in total. The third-order valence-electron chi connectivity index (χ3n) is 4.05. The molecule has 0 aliphatic carbocycles. The quantitative estimate of drug-likeness (QED) is 0.736. The first-order valence-corrected chi connectivity index (χ1v) is 7.43. The Kier molecular flexibility index (Phi) is 3.15. The van der Waals surface area contributed by atoms with Crippen LogP contribution in [0.5, 0.6) is 0 Å². The Hall–Kier alpha value is -2.62. The Morgan fingerprint density at radius 1 is 1.05 bits per heavy atom. The van der Waals surface area contributed by atoms with E-state index < -0.39 is 0 Å². The Balaban J connectivity index is 1.56. The van der Waals surface area contributed by atoms with E-state index in [4.69, 9.17) is 0 Å². The number of aromatic nitrogens is 2. The predicted octanol–water partition coefficient (Wildman–Crippen LogP) is 3.57. The van der Waals surface area contributed by atoms with Gasteiger partial charge in [0.15, 0.2) is 0 Å². The molecule has 2 aromatic carbocycles. The van der Waals surface area contributed by atoms with Crippen molar-refractivity contribution in [1.82, 2.24) is 9.78 Å². The van der Waals surface area contributed by atoms with Crippen molar-refractivity contribution in [3.05, 3.63) is 77.9 Å². The molecule has 0 saturated heterocycles. The molecule has 0 amide bonds. The zero-order valence-electron chi connectivity index (χ0n) is 12.1. The summed E-state index contributed by atoms with van der Waals surface area (Å²) >= 11 is 0. The molecule has 3 aromatic rings. The average Bonchev–Trinajstić information content (AvgIpc) is 3.16. The largest absolute Gasteiger partial charge is 0.365 e. The molecule has 1 aromatic heterocycles. The molecule has 4 heteroatoms. The standard InChI is InChI=1S/C18H16FN3/c19-15-5-3-6-17(12-15)22-11-9-16(20-22)13-21-10-8-14-4-1-2-7-18(14)21/h1-7,9,11-12H,8,10,13H2. The molecular formula is C18H16FN3. The minimum Gasteiger partial charge on any atom is -0.365 e. The summed E-state index contributed by atoms with van der Waals surface area (Å²) in [6.07, 6.45) is 2.97. The summed E-state index contributed by atoms with van der Waals surface area (Å²) in [6.45, 7) is 1.80. The van der Waals surface area contributed by atoms with Crippen LogP contribution in [0.25, 0.3) is 5.69 Å². The number of fused-ring (bicyclic) bond motifs is 1. The van der Waals surface area contributed by atoms with E-state index in [-0.39, 0.29) is 5.82 Å². The third kappa shape index (κ3) is 2.37. The van der Waals surface area contributed by atoms with Crippen LogP contribution in [0.3, 0.4) is 0 Å². The van der Waals surface area contributed by atoms with E-state index in [0.29, 0.717) is 0 Å². The zero-order valence-corrected chi connectivity index (χ0v) is 12.1. The van der Waals surface area contributed by atoms with Crippen molar-refractivity contribution in [2.24, 2.45) is 0 Å². The number of nitrogens with zero attached hydrogens (tertiary/aromatic N) is 3. The van der Waals surface area contributed by atoms with Crippen molar-refractivity contribution >= 4 is 5.69 Å². The lowest BCUT2D eigenvalue weighted by Gasteiger charge is -2.17. The first-order chi connectivity index (χ1) is 10.8. The van der Waals surface area contributed by atoms with E-state index in [1.807, 2.05) is 18.3 Å². The minimum atomic E-state index is -0.247. The second-order valence-electron chi connectivity index (χ2n) is 5.53. The highest BCUT2D eigenvalue weighted by atomic mass is 19.1. The Morgan fingerprint density at radius 3 is 2.86 bits per heavy atom. The lowest BCUT2D eigenvalue weighted by atomic mass is 10.2. The van der Waals surface area contributed by atoms with Gasteiger partial charge in [-0.3, -0.25) is 0 Å². The highest BCUT2D eigenvalue weighted by molar-refractivity contribution is 5.57. The Bertz CT molecular complexity index is 809. The maximum absolute atomic E-state index is 13.3. The van der Waals surface area contributed by atoms with Gasteiger partial charge < -0.3 is 4.90 Å². The summed E-state index contributed by atoms with van der Waals surface area (Å²) in [7, 11) is 0. The maximum Gasteiger partial charge on any atom is 0.125 e. The topological polar surface area (TPSA) is 21.1 Å². The van der Waals surface area contributed by atoms with Crippen LogP contribution in [0.1, 0.15) is 11.3 Å². The van der Waals surface area contributed by atoms with Crippen LogP contribution in [0.15, 0.2) is 60.8 Å². The van der Waals surface area contributed by atoms with Crippen LogP contribution in [0.2, 0.25) is 0 Å². The van der Waals surface area contributed by atoms with E-state index in [9.17, 15) is 4.39 Å². The van der Waals surface area contributed by atoms with Crippen molar-refractivity contribution in [3.8, 4) is 5.69 Å². The molecule has 2 heterocycles. The molecule has 0 radical (unpaired) electrons. The average molecular weight is 293 g/mol. The Morgan fingerprint density at radius 2 is 1.95 bits per heavy atom. The third-order valence-corrected chi connectivity index (χ3v) is 4.05. The van der Waals surface area contributed by atoms with E-state index >= 15 is 0 Å². The number of hydrogen-bond donors (Lipinski definition) is 0. The van der Waals surface area contributed by atoms with E-state index in [1.54, 1.807) is 10.7 Å². The van der Waals surface area contributed by atoms with Gasteiger partial charge in [-0.1, -0.05) is 24.3 Å². The minimum absolute atomic E-state index is 0.247. The van der Waals surface area contributed by atoms with E-state index in [1.165, 1.54) is 23.4 Å². The summed E-state index contributed by atoms with van der Waals surface area (Å²) in [5, 5.41) is 4.57. The number of benzene rings is 2. The second-order valence-corrected chi connectivity index (χ2v) is 5.53. The van der Waals surface area contributed by atoms with Gasteiger partial charge in [0.05, 0.1) is 17.9 Å². The Labute approximate surface area is 128 Å². The van der Waals surface area contributed by atoms with Gasteiger partial charge in [-0.25, -0.2) is 9.07 Å².